The molecule has 0 aromatic rings. The molecule has 2 heteroatoms. The first-order valence-electron chi connectivity index (χ1n) is 7.26. The van der Waals surface area contributed by atoms with Gasteiger partial charge in [0.05, 0.1) is 17.8 Å². The van der Waals surface area contributed by atoms with Crippen molar-refractivity contribution >= 4 is 0 Å². The van der Waals surface area contributed by atoms with Crippen LogP contribution in [-0.2, 0) is 4.74 Å². The van der Waals surface area contributed by atoms with Crippen LogP contribution in [0.25, 0.3) is 0 Å². The van der Waals surface area contributed by atoms with Crippen LogP contribution in [0, 0.1) is 17.8 Å². The van der Waals surface area contributed by atoms with Crippen LogP contribution in [0.2, 0.25) is 0 Å². The van der Waals surface area contributed by atoms with Crippen molar-refractivity contribution in [3.8, 4) is 0 Å². The Morgan fingerprint density at radius 2 is 2.06 bits per heavy atom. The van der Waals surface area contributed by atoms with E-state index in [1.807, 2.05) is 6.92 Å². The topological polar surface area (TPSA) is 29.5 Å². The maximum atomic E-state index is 10.7. The van der Waals surface area contributed by atoms with Crippen molar-refractivity contribution < 1.29 is 9.84 Å². The highest BCUT2D eigenvalue weighted by Crippen LogP contribution is 2.44. The second kappa shape index (κ2) is 4.89. The van der Waals surface area contributed by atoms with Crippen LogP contribution in [0.5, 0.6) is 0 Å². The zero-order valence-electron chi connectivity index (χ0n) is 11.8. The number of hydrogen-bond acceptors (Lipinski definition) is 2. The lowest BCUT2D eigenvalue weighted by Crippen LogP contribution is -2.53. The van der Waals surface area contributed by atoms with E-state index in [2.05, 4.69) is 20.8 Å². The maximum Gasteiger partial charge on any atom is 0.0697 e. The molecule has 2 nitrogen and oxygen atoms in total. The van der Waals surface area contributed by atoms with E-state index in [-0.39, 0.29) is 6.10 Å². The molecule has 0 bridgehead atoms. The third-order valence-corrected chi connectivity index (χ3v) is 4.60. The van der Waals surface area contributed by atoms with Gasteiger partial charge in [-0.1, -0.05) is 27.2 Å². The molecule has 2 fully saturated rings. The van der Waals surface area contributed by atoms with E-state index in [1.54, 1.807) is 0 Å². The van der Waals surface area contributed by atoms with E-state index in [9.17, 15) is 5.11 Å². The first kappa shape index (κ1) is 13.4. The predicted molar refractivity (Wildman–Crippen MR) is 69.9 cm³/mol. The van der Waals surface area contributed by atoms with Crippen molar-refractivity contribution in [1.29, 1.82) is 0 Å². The van der Waals surface area contributed by atoms with E-state index in [0.717, 1.165) is 31.6 Å². The van der Waals surface area contributed by atoms with Crippen LogP contribution in [0.4, 0.5) is 0 Å². The number of fused-ring (bicyclic) bond motifs is 1. The van der Waals surface area contributed by atoms with Gasteiger partial charge in [0.1, 0.15) is 0 Å². The van der Waals surface area contributed by atoms with Gasteiger partial charge in [0.2, 0.25) is 0 Å². The monoisotopic (exact) mass is 240 g/mol. The van der Waals surface area contributed by atoms with E-state index < -0.39 is 5.60 Å². The van der Waals surface area contributed by atoms with Gasteiger partial charge >= 0.3 is 0 Å². The molecule has 0 aromatic carbocycles. The van der Waals surface area contributed by atoms with Crippen molar-refractivity contribution in [1.82, 2.24) is 0 Å². The highest BCUT2D eigenvalue weighted by atomic mass is 16.5. The van der Waals surface area contributed by atoms with E-state index in [4.69, 9.17) is 4.74 Å². The van der Waals surface area contributed by atoms with Crippen LogP contribution in [0.3, 0.4) is 0 Å². The van der Waals surface area contributed by atoms with Gasteiger partial charge in [0.25, 0.3) is 0 Å². The second-order valence-corrected chi connectivity index (χ2v) is 7.01. The van der Waals surface area contributed by atoms with Gasteiger partial charge in [-0.25, -0.2) is 0 Å². The van der Waals surface area contributed by atoms with Crippen molar-refractivity contribution in [2.45, 2.75) is 77.6 Å². The molecule has 0 spiro atoms. The summed E-state index contributed by atoms with van der Waals surface area (Å²) in [6.07, 6.45) is 5.97. The Bertz CT molecular complexity index is 260. The molecule has 2 aliphatic rings. The van der Waals surface area contributed by atoms with Crippen molar-refractivity contribution in [2.75, 3.05) is 0 Å². The van der Waals surface area contributed by atoms with Gasteiger partial charge in [0.15, 0.2) is 0 Å². The van der Waals surface area contributed by atoms with Crippen LogP contribution in [0.1, 0.15) is 59.8 Å². The molecule has 0 amide bonds. The van der Waals surface area contributed by atoms with E-state index in [0.29, 0.717) is 17.9 Å². The fourth-order valence-electron chi connectivity index (χ4n) is 3.76. The Kier molecular flexibility index (Phi) is 3.84. The molecule has 1 aliphatic heterocycles. The Morgan fingerprint density at radius 3 is 2.71 bits per heavy atom. The zero-order chi connectivity index (χ0) is 12.6. The van der Waals surface area contributed by atoms with Gasteiger partial charge in [-0.15, -0.1) is 0 Å². The Hall–Kier alpha value is -0.0800. The minimum absolute atomic E-state index is 0.261. The minimum Gasteiger partial charge on any atom is -0.390 e. The summed E-state index contributed by atoms with van der Waals surface area (Å²) in [4.78, 5) is 0. The van der Waals surface area contributed by atoms with Gasteiger partial charge in [0, 0.05) is 12.3 Å². The largest absolute Gasteiger partial charge is 0.390 e. The lowest BCUT2D eigenvalue weighted by molar-refractivity contribution is -0.198. The molecule has 1 saturated carbocycles. The molecule has 1 N–H and O–H groups in total. The van der Waals surface area contributed by atoms with Gasteiger partial charge in [-0.2, -0.15) is 0 Å². The average Bonchev–Trinajstić information content (AvgIpc) is 2.13. The first-order chi connectivity index (χ1) is 7.88. The number of hydrogen-bond donors (Lipinski definition) is 1. The number of rotatable bonds is 2. The number of ether oxygens (including phenoxy) is 1. The van der Waals surface area contributed by atoms with Crippen LogP contribution < -0.4 is 0 Å². The minimum atomic E-state index is -0.511. The first-order valence-corrected chi connectivity index (χ1v) is 7.26. The smallest absolute Gasteiger partial charge is 0.0697 e. The normalized spacial score (nSPS) is 46.9. The summed E-state index contributed by atoms with van der Waals surface area (Å²) in [7, 11) is 0. The standard InChI is InChI=1S/C15H28O2/c1-10(2)7-12-9-15(4,16)13-6-5-11(3)8-14(13)17-12/h10-14,16H,5-9H2,1-4H3/t11-,12+,13-,14-,15-/m1/s1. The fourth-order valence-corrected chi connectivity index (χ4v) is 3.76. The predicted octanol–water partition coefficient (Wildman–Crippen LogP) is 3.38. The lowest BCUT2D eigenvalue weighted by atomic mass is 9.68. The van der Waals surface area contributed by atoms with E-state index >= 15 is 0 Å². The lowest BCUT2D eigenvalue weighted by Gasteiger charge is -2.49. The molecule has 1 aliphatic carbocycles. The average molecular weight is 240 g/mol. The molecule has 0 unspecified atom stereocenters. The fraction of sp³-hybridized carbons (Fsp3) is 1.00. The molecule has 100 valence electrons. The molecule has 17 heavy (non-hydrogen) atoms. The van der Waals surface area contributed by atoms with Crippen molar-refractivity contribution in [2.24, 2.45) is 17.8 Å². The summed E-state index contributed by atoms with van der Waals surface area (Å²) >= 11 is 0. The van der Waals surface area contributed by atoms with Crippen LogP contribution >= 0.6 is 0 Å². The molecule has 0 aromatic heterocycles. The summed E-state index contributed by atoms with van der Waals surface area (Å²) in [6, 6.07) is 0. The van der Waals surface area contributed by atoms with Crippen LogP contribution in [0.15, 0.2) is 0 Å². The summed E-state index contributed by atoms with van der Waals surface area (Å²) < 4.78 is 6.25. The highest BCUT2D eigenvalue weighted by molar-refractivity contribution is 4.97. The molecule has 2 rings (SSSR count). The Morgan fingerprint density at radius 1 is 1.35 bits per heavy atom. The maximum absolute atomic E-state index is 10.7. The van der Waals surface area contributed by atoms with Gasteiger partial charge < -0.3 is 9.84 Å². The SMILES string of the molecule is CC(C)C[C@H]1C[C@@](C)(O)[C@@H]2CC[C@@H](C)C[C@H]2O1. The van der Waals surface area contributed by atoms with Gasteiger partial charge in [-0.05, 0) is 38.0 Å². The molecule has 5 atom stereocenters. The quantitative estimate of drug-likeness (QED) is 0.802. The third-order valence-electron chi connectivity index (χ3n) is 4.60. The summed E-state index contributed by atoms with van der Waals surface area (Å²) in [6.45, 7) is 8.79. The highest BCUT2D eigenvalue weighted by Gasteiger charge is 2.47. The summed E-state index contributed by atoms with van der Waals surface area (Å²) in [5, 5.41) is 10.7. The molecule has 1 saturated heterocycles. The Labute approximate surface area is 106 Å². The molecule has 0 radical (unpaired) electrons. The zero-order valence-corrected chi connectivity index (χ0v) is 11.8. The third kappa shape index (κ3) is 3.03. The van der Waals surface area contributed by atoms with Crippen molar-refractivity contribution in [3.05, 3.63) is 0 Å². The van der Waals surface area contributed by atoms with Crippen LogP contribution in [-0.4, -0.2) is 22.9 Å². The summed E-state index contributed by atoms with van der Waals surface area (Å²) in [5.74, 6) is 1.76. The second-order valence-electron chi connectivity index (χ2n) is 7.01. The Balaban J connectivity index is 2.05. The summed E-state index contributed by atoms with van der Waals surface area (Å²) in [5.41, 5.74) is -0.511. The molecule has 1 heterocycles. The van der Waals surface area contributed by atoms with E-state index in [1.165, 1.54) is 6.42 Å². The number of aliphatic hydroxyl groups is 1. The molecular weight excluding hydrogens is 212 g/mol. The van der Waals surface area contributed by atoms with Crippen molar-refractivity contribution in [3.63, 3.8) is 0 Å². The molecular formula is C15H28O2. The van der Waals surface area contributed by atoms with Gasteiger partial charge in [-0.3, -0.25) is 0 Å².